The third-order valence-electron chi connectivity index (χ3n) is 4.91. The molecule has 0 saturated carbocycles. The molecule has 1 heterocycles. The van der Waals surface area contributed by atoms with Crippen molar-refractivity contribution in [3.8, 4) is 5.75 Å². The van der Waals surface area contributed by atoms with Crippen LogP contribution in [0.2, 0.25) is 0 Å². The zero-order chi connectivity index (χ0) is 22.3. The predicted octanol–water partition coefficient (Wildman–Crippen LogP) is 3.70. The van der Waals surface area contributed by atoms with Gasteiger partial charge >= 0.3 is 6.36 Å². The zero-order valence-corrected chi connectivity index (χ0v) is 17.4. The first-order chi connectivity index (χ1) is 13.9. The maximum atomic E-state index is 13.0. The Hall–Kier alpha value is -2.59. The fourth-order valence-electron chi connectivity index (χ4n) is 3.61. The second-order valence-corrected chi connectivity index (χ2v) is 9.19. The van der Waals surface area contributed by atoms with Gasteiger partial charge in [0.1, 0.15) is 5.75 Å². The molecule has 0 saturated heterocycles. The fraction of sp³-hybridized carbons (Fsp3) is 0.350. The van der Waals surface area contributed by atoms with Crippen molar-refractivity contribution in [2.75, 3.05) is 11.9 Å². The number of nitrogens with zero attached hydrogens (tertiary/aromatic N) is 2. The number of hydrogen-bond donors (Lipinski definition) is 0. The molecule has 3 rings (SSSR count). The topological polar surface area (TPSA) is 66.9 Å². The van der Waals surface area contributed by atoms with E-state index in [9.17, 15) is 26.4 Å². The molecule has 2 aromatic rings. The van der Waals surface area contributed by atoms with E-state index >= 15 is 0 Å². The van der Waals surface area contributed by atoms with Crippen molar-refractivity contribution in [2.45, 2.75) is 44.1 Å². The van der Waals surface area contributed by atoms with E-state index in [2.05, 4.69) is 4.74 Å². The van der Waals surface area contributed by atoms with E-state index < -0.39 is 22.1 Å². The molecule has 6 nitrogen and oxygen atoms in total. The van der Waals surface area contributed by atoms with Gasteiger partial charge in [-0.05, 0) is 43.2 Å². The highest BCUT2D eigenvalue weighted by Gasteiger charge is 2.33. The van der Waals surface area contributed by atoms with Crippen LogP contribution in [-0.4, -0.2) is 38.1 Å². The number of anilines is 1. The molecule has 162 valence electrons. The minimum Gasteiger partial charge on any atom is -0.405 e. The number of hydrogen-bond acceptors (Lipinski definition) is 4. The Morgan fingerprint density at radius 1 is 1.23 bits per heavy atom. The van der Waals surface area contributed by atoms with Crippen LogP contribution in [0.1, 0.15) is 25.0 Å². The highest BCUT2D eigenvalue weighted by atomic mass is 32.2. The molecule has 0 aliphatic carbocycles. The molecule has 0 radical (unpaired) electrons. The Bertz CT molecular complexity index is 1070. The number of para-hydroxylation sites is 1. The SMILES string of the molecule is CC(=O)N1c2ccc(S(=O)(=O)N(C)Cc3ccccc3OC(F)(F)F)cc2CC1C. The van der Waals surface area contributed by atoms with Crippen LogP contribution in [0.3, 0.4) is 0 Å². The number of benzene rings is 2. The number of rotatable bonds is 5. The van der Waals surface area contributed by atoms with Gasteiger partial charge in [0.15, 0.2) is 0 Å². The van der Waals surface area contributed by atoms with Gasteiger partial charge in [0.2, 0.25) is 15.9 Å². The van der Waals surface area contributed by atoms with Gasteiger partial charge in [0.05, 0.1) is 4.90 Å². The first-order valence-electron chi connectivity index (χ1n) is 9.13. The summed E-state index contributed by atoms with van der Waals surface area (Å²) in [5, 5.41) is 0. The quantitative estimate of drug-likeness (QED) is 0.708. The summed E-state index contributed by atoms with van der Waals surface area (Å²) in [4.78, 5) is 13.5. The minimum absolute atomic E-state index is 0.00979. The Morgan fingerprint density at radius 2 is 1.90 bits per heavy atom. The van der Waals surface area contributed by atoms with Crippen LogP contribution in [0.25, 0.3) is 0 Å². The van der Waals surface area contributed by atoms with Crippen LogP contribution in [0.5, 0.6) is 5.75 Å². The standard InChI is InChI=1S/C20H21F3N2O4S/c1-13-10-16-11-17(8-9-18(16)25(13)14(2)26)30(27,28)24(3)12-15-6-4-5-7-19(15)29-20(21,22)23/h4-9,11,13H,10,12H2,1-3H3. The lowest BCUT2D eigenvalue weighted by atomic mass is 10.1. The molecular weight excluding hydrogens is 421 g/mol. The van der Waals surface area contributed by atoms with Crippen LogP contribution in [0.15, 0.2) is 47.4 Å². The first-order valence-corrected chi connectivity index (χ1v) is 10.6. The highest BCUT2D eigenvalue weighted by Crippen LogP contribution is 2.35. The van der Waals surface area contributed by atoms with Crippen LogP contribution >= 0.6 is 0 Å². The van der Waals surface area contributed by atoms with Gasteiger partial charge in [0, 0.05) is 37.8 Å². The summed E-state index contributed by atoms with van der Waals surface area (Å²) in [5.41, 5.74) is 1.48. The van der Waals surface area contributed by atoms with Gasteiger partial charge in [-0.1, -0.05) is 18.2 Å². The third kappa shape index (κ3) is 4.44. The number of sulfonamides is 1. The first kappa shape index (κ1) is 22.1. The molecule has 0 N–H and O–H groups in total. The Morgan fingerprint density at radius 3 is 2.53 bits per heavy atom. The van der Waals surface area contributed by atoms with Crippen LogP contribution in [0, 0.1) is 0 Å². The summed E-state index contributed by atoms with van der Waals surface area (Å²) in [5.74, 6) is -0.581. The van der Waals surface area contributed by atoms with Gasteiger partial charge in [-0.25, -0.2) is 8.42 Å². The van der Waals surface area contributed by atoms with E-state index in [0.29, 0.717) is 12.1 Å². The third-order valence-corrected chi connectivity index (χ3v) is 6.70. The van der Waals surface area contributed by atoms with E-state index in [4.69, 9.17) is 0 Å². The summed E-state index contributed by atoms with van der Waals surface area (Å²) in [6, 6.07) is 9.81. The second kappa shape index (κ2) is 7.92. The lowest BCUT2D eigenvalue weighted by Crippen LogP contribution is -2.33. The zero-order valence-electron chi connectivity index (χ0n) is 16.6. The molecule has 2 aromatic carbocycles. The number of amides is 1. The molecule has 0 bridgehead atoms. The van der Waals surface area contributed by atoms with E-state index in [1.165, 1.54) is 44.3 Å². The van der Waals surface area contributed by atoms with E-state index in [0.717, 1.165) is 15.9 Å². The molecule has 1 aliphatic heterocycles. The molecule has 1 aliphatic rings. The summed E-state index contributed by atoms with van der Waals surface area (Å²) >= 11 is 0. The smallest absolute Gasteiger partial charge is 0.405 e. The monoisotopic (exact) mass is 442 g/mol. The van der Waals surface area contributed by atoms with Crippen molar-refractivity contribution in [1.82, 2.24) is 4.31 Å². The van der Waals surface area contributed by atoms with Crippen molar-refractivity contribution in [1.29, 1.82) is 0 Å². The number of fused-ring (bicyclic) bond motifs is 1. The minimum atomic E-state index is -4.88. The largest absolute Gasteiger partial charge is 0.573 e. The van der Waals surface area contributed by atoms with Crippen LogP contribution in [0.4, 0.5) is 18.9 Å². The summed E-state index contributed by atoms with van der Waals surface area (Å²) in [6.07, 6.45) is -4.36. The van der Waals surface area contributed by atoms with Crippen molar-refractivity contribution in [3.05, 3.63) is 53.6 Å². The summed E-state index contributed by atoms with van der Waals surface area (Å²) < 4.78 is 68.9. The summed E-state index contributed by atoms with van der Waals surface area (Å²) in [7, 11) is -2.69. The lowest BCUT2D eigenvalue weighted by Gasteiger charge is -2.21. The molecule has 0 aromatic heterocycles. The number of carbonyl (C=O) groups is 1. The lowest BCUT2D eigenvalue weighted by molar-refractivity contribution is -0.274. The number of alkyl halides is 3. The fourth-order valence-corrected chi connectivity index (χ4v) is 4.81. The Balaban J connectivity index is 1.87. The van der Waals surface area contributed by atoms with Crippen molar-refractivity contribution in [3.63, 3.8) is 0 Å². The molecule has 30 heavy (non-hydrogen) atoms. The molecule has 10 heteroatoms. The van der Waals surface area contributed by atoms with Crippen molar-refractivity contribution >= 4 is 21.6 Å². The molecular formula is C20H21F3N2O4S. The van der Waals surface area contributed by atoms with Gasteiger partial charge in [-0.15, -0.1) is 13.2 Å². The summed E-state index contributed by atoms with van der Waals surface area (Å²) in [6.45, 7) is 3.02. The number of halogens is 3. The highest BCUT2D eigenvalue weighted by molar-refractivity contribution is 7.89. The molecule has 1 atom stereocenters. The predicted molar refractivity (Wildman–Crippen MR) is 105 cm³/mol. The second-order valence-electron chi connectivity index (χ2n) is 7.15. The van der Waals surface area contributed by atoms with Gasteiger partial charge in [0.25, 0.3) is 0 Å². The van der Waals surface area contributed by atoms with Gasteiger partial charge < -0.3 is 9.64 Å². The van der Waals surface area contributed by atoms with Gasteiger partial charge in [-0.3, -0.25) is 4.79 Å². The Labute approximate surface area is 172 Å². The van der Waals surface area contributed by atoms with E-state index in [-0.39, 0.29) is 29.0 Å². The Kier molecular flexibility index (Phi) is 5.83. The average Bonchev–Trinajstić information content (AvgIpc) is 2.97. The van der Waals surface area contributed by atoms with Crippen molar-refractivity contribution < 1.29 is 31.1 Å². The van der Waals surface area contributed by atoms with E-state index in [1.54, 1.807) is 11.0 Å². The maximum absolute atomic E-state index is 13.0. The normalized spacial score (nSPS) is 16.6. The number of ether oxygens (including phenoxy) is 1. The molecule has 1 unspecified atom stereocenters. The number of carbonyl (C=O) groups excluding carboxylic acids is 1. The molecule has 0 spiro atoms. The maximum Gasteiger partial charge on any atom is 0.573 e. The van der Waals surface area contributed by atoms with Crippen LogP contribution < -0.4 is 9.64 Å². The van der Waals surface area contributed by atoms with Crippen LogP contribution in [-0.2, 0) is 27.8 Å². The van der Waals surface area contributed by atoms with E-state index in [1.807, 2.05) is 6.92 Å². The molecule has 0 fully saturated rings. The molecule has 1 amide bonds. The van der Waals surface area contributed by atoms with Gasteiger partial charge in [-0.2, -0.15) is 4.31 Å². The average molecular weight is 442 g/mol. The van der Waals surface area contributed by atoms with Crippen molar-refractivity contribution in [2.24, 2.45) is 0 Å².